The first-order valence-corrected chi connectivity index (χ1v) is 11.3. The predicted octanol–water partition coefficient (Wildman–Crippen LogP) is 2.68. The summed E-state index contributed by atoms with van der Waals surface area (Å²) in [5.41, 5.74) is 1.80. The van der Waals surface area contributed by atoms with Crippen LogP contribution in [0.1, 0.15) is 43.9 Å². The van der Waals surface area contributed by atoms with E-state index in [0.29, 0.717) is 18.3 Å². The van der Waals surface area contributed by atoms with Crippen LogP contribution in [0.15, 0.2) is 36.4 Å². The van der Waals surface area contributed by atoms with Gasteiger partial charge in [0.2, 0.25) is 15.9 Å². The summed E-state index contributed by atoms with van der Waals surface area (Å²) in [5, 5.41) is 7.09. The first-order valence-electron chi connectivity index (χ1n) is 9.69. The first-order chi connectivity index (χ1) is 13.3. The molecular formula is C20H28N4O3S. The molecule has 1 aliphatic carbocycles. The molecule has 0 aliphatic heterocycles. The van der Waals surface area contributed by atoms with Gasteiger partial charge >= 0.3 is 0 Å². The SMILES string of the molecule is Cc1cc(NC(=O)CS(=O)(=O)NC2CCC(C)CC2)n(Cc2ccccc2)n1. The van der Waals surface area contributed by atoms with Gasteiger partial charge in [0.1, 0.15) is 11.6 Å². The number of amides is 1. The molecule has 0 unspecified atom stereocenters. The number of carbonyl (C=O) groups excluding carboxylic acids is 1. The van der Waals surface area contributed by atoms with E-state index in [-0.39, 0.29) is 6.04 Å². The molecule has 7 nitrogen and oxygen atoms in total. The third kappa shape index (κ3) is 5.90. The molecule has 152 valence electrons. The summed E-state index contributed by atoms with van der Waals surface area (Å²) in [4.78, 5) is 12.4. The lowest BCUT2D eigenvalue weighted by Crippen LogP contribution is -2.41. The maximum atomic E-state index is 12.4. The number of sulfonamides is 1. The number of carbonyl (C=O) groups is 1. The molecule has 28 heavy (non-hydrogen) atoms. The number of hydrogen-bond acceptors (Lipinski definition) is 4. The van der Waals surface area contributed by atoms with E-state index in [1.54, 1.807) is 10.7 Å². The Morgan fingerprint density at radius 3 is 2.54 bits per heavy atom. The van der Waals surface area contributed by atoms with Crippen molar-refractivity contribution >= 4 is 21.7 Å². The van der Waals surface area contributed by atoms with E-state index in [1.165, 1.54) is 0 Å². The van der Waals surface area contributed by atoms with Crippen molar-refractivity contribution in [1.29, 1.82) is 0 Å². The summed E-state index contributed by atoms with van der Waals surface area (Å²) >= 11 is 0. The predicted molar refractivity (Wildman–Crippen MR) is 109 cm³/mol. The van der Waals surface area contributed by atoms with Crippen LogP contribution in [0, 0.1) is 12.8 Å². The van der Waals surface area contributed by atoms with Gasteiger partial charge in [0.15, 0.2) is 0 Å². The zero-order valence-corrected chi connectivity index (χ0v) is 17.2. The Balaban J connectivity index is 1.60. The average Bonchev–Trinajstić information content (AvgIpc) is 2.96. The summed E-state index contributed by atoms with van der Waals surface area (Å²) < 4.78 is 29.1. The van der Waals surface area contributed by atoms with Crippen molar-refractivity contribution in [3.63, 3.8) is 0 Å². The van der Waals surface area contributed by atoms with Crippen LogP contribution in [-0.4, -0.2) is 35.9 Å². The highest BCUT2D eigenvalue weighted by Crippen LogP contribution is 2.24. The molecule has 0 radical (unpaired) electrons. The highest BCUT2D eigenvalue weighted by Gasteiger charge is 2.25. The smallest absolute Gasteiger partial charge is 0.242 e. The Morgan fingerprint density at radius 2 is 1.86 bits per heavy atom. The van der Waals surface area contributed by atoms with Crippen molar-refractivity contribution in [2.45, 2.75) is 52.1 Å². The number of benzene rings is 1. The third-order valence-corrected chi connectivity index (χ3v) is 6.36. The average molecular weight is 405 g/mol. The fourth-order valence-corrected chi connectivity index (χ4v) is 4.79. The third-order valence-electron chi connectivity index (χ3n) is 5.03. The largest absolute Gasteiger partial charge is 0.310 e. The molecule has 1 heterocycles. The molecule has 1 saturated carbocycles. The molecule has 1 amide bonds. The minimum atomic E-state index is -3.67. The summed E-state index contributed by atoms with van der Waals surface area (Å²) in [6.07, 6.45) is 3.67. The van der Waals surface area contributed by atoms with Crippen LogP contribution in [0.3, 0.4) is 0 Å². The van der Waals surface area contributed by atoms with Gasteiger partial charge in [-0.25, -0.2) is 17.8 Å². The number of hydrogen-bond donors (Lipinski definition) is 2. The molecule has 1 aromatic carbocycles. The van der Waals surface area contributed by atoms with E-state index < -0.39 is 21.7 Å². The van der Waals surface area contributed by atoms with Gasteiger partial charge in [-0.3, -0.25) is 4.79 Å². The van der Waals surface area contributed by atoms with Crippen LogP contribution < -0.4 is 10.0 Å². The Hall–Kier alpha value is -2.19. The summed E-state index contributed by atoms with van der Waals surface area (Å²) in [5.74, 6) is -0.0228. The quantitative estimate of drug-likeness (QED) is 0.742. The molecule has 2 N–H and O–H groups in total. The van der Waals surface area contributed by atoms with Crippen molar-refractivity contribution in [2.75, 3.05) is 11.1 Å². The monoisotopic (exact) mass is 404 g/mol. The zero-order valence-electron chi connectivity index (χ0n) is 16.4. The van der Waals surface area contributed by atoms with E-state index in [0.717, 1.165) is 36.9 Å². The van der Waals surface area contributed by atoms with E-state index in [2.05, 4.69) is 22.1 Å². The topological polar surface area (TPSA) is 93.1 Å². The number of aromatic nitrogens is 2. The first kappa shape index (κ1) is 20.5. The molecule has 0 atom stereocenters. The molecule has 1 fully saturated rings. The van der Waals surface area contributed by atoms with Gasteiger partial charge in [0, 0.05) is 12.1 Å². The number of nitrogens with one attached hydrogen (secondary N) is 2. The molecule has 3 rings (SSSR count). The maximum absolute atomic E-state index is 12.4. The highest BCUT2D eigenvalue weighted by molar-refractivity contribution is 7.90. The van der Waals surface area contributed by atoms with Gasteiger partial charge in [-0.15, -0.1) is 0 Å². The van der Waals surface area contributed by atoms with E-state index in [1.807, 2.05) is 37.3 Å². The molecular weight excluding hydrogens is 376 g/mol. The zero-order chi connectivity index (χ0) is 20.1. The number of anilines is 1. The lowest BCUT2D eigenvalue weighted by molar-refractivity contribution is -0.113. The molecule has 2 aromatic rings. The minimum absolute atomic E-state index is 0.0696. The molecule has 0 spiro atoms. The fourth-order valence-electron chi connectivity index (χ4n) is 3.55. The molecule has 1 aromatic heterocycles. The van der Waals surface area contributed by atoms with Gasteiger partial charge in [-0.05, 0) is 44.1 Å². The van der Waals surface area contributed by atoms with E-state index in [4.69, 9.17) is 0 Å². The normalized spacial score (nSPS) is 20.1. The van der Waals surface area contributed by atoms with Crippen molar-refractivity contribution in [2.24, 2.45) is 5.92 Å². The Morgan fingerprint density at radius 1 is 1.18 bits per heavy atom. The van der Waals surface area contributed by atoms with Crippen LogP contribution in [0.2, 0.25) is 0 Å². The second-order valence-electron chi connectivity index (χ2n) is 7.70. The standard InChI is InChI=1S/C20H28N4O3S/c1-15-8-10-18(11-9-15)23-28(26,27)14-20(25)21-19-12-16(2)22-24(19)13-17-6-4-3-5-7-17/h3-7,12,15,18,23H,8-11,13-14H2,1-2H3,(H,21,25). The van der Waals surface area contributed by atoms with Gasteiger partial charge in [0.05, 0.1) is 12.2 Å². The van der Waals surface area contributed by atoms with Gasteiger partial charge in [-0.2, -0.15) is 5.10 Å². The Kier molecular flexibility index (Phi) is 6.51. The second-order valence-corrected chi connectivity index (χ2v) is 9.45. The van der Waals surface area contributed by atoms with Crippen molar-refractivity contribution in [3.05, 3.63) is 47.7 Å². The Labute approximate surface area is 166 Å². The van der Waals surface area contributed by atoms with Crippen molar-refractivity contribution in [1.82, 2.24) is 14.5 Å². The Bertz CT molecular complexity index is 901. The maximum Gasteiger partial charge on any atom is 0.242 e. The molecule has 0 saturated heterocycles. The fraction of sp³-hybridized carbons (Fsp3) is 0.500. The van der Waals surface area contributed by atoms with Crippen LogP contribution in [-0.2, 0) is 21.4 Å². The number of nitrogens with zero attached hydrogens (tertiary/aromatic N) is 2. The van der Waals surface area contributed by atoms with Crippen LogP contribution in [0.5, 0.6) is 0 Å². The van der Waals surface area contributed by atoms with Crippen molar-refractivity contribution < 1.29 is 13.2 Å². The van der Waals surface area contributed by atoms with E-state index >= 15 is 0 Å². The van der Waals surface area contributed by atoms with Gasteiger partial charge in [0.25, 0.3) is 0 Å². The highest BCUT2D eigenvalue weighted by atomic mass is 32.2. The summed E-state index contributed by atoms with van der Waals surface area (Å²) in [6.45, 7) is 4.51. The summed E-state index contributed by atoms with van der Waals surface area (Å²) in [7, 11) is -3.67. The van der Waals surface area contributed by atoms with Gasteiger partial charge < -0.3 is 5.32 Å². The van der Waals surface area contributed by atoms with Crippen molar-refractivity contribution in [3.8, 4) is 0 Å². The minimum Gasteiger partial charge on any atom is -0.310 e. The number of aryl methyl sites for hydroxylation is 1. The lowest BCUT2D eigenvalue weighted by atomic mass is 9.88. The summed E-state index contributed by atoms with van der Waals surface area (Å²) in [6, 6.07) is 11.4. The lowest BCUT2D eigenvalue weighted by Gasteiger charge is -2.26. The second kappa shape index (κ2) is 8.87. The number of rotatable bonds is 7. The molecule has 8 heteroatoms. The van der Waals surface area contributed by atoms with Crippen LogP contribution >= 0.6 is 0 Å². The molecule has 0 bridgehead atoms. The van der Waals surface area contributed by atoms with Crippen LogP contribution in [0.25, 0.3) is 0 Å². The van der Waals surface area contributed by atoms with Crippen LogP contribution in [0.4, 0.5) is 5.82 Å². The van der Waals surface area contributed by atoms with E-state index in [9.17, 15) is 13.2 Å². The molecule has 1 aliphatic rings. The van der Waals surface area contributed by atoms with Gasteiger partial charge in [-0.1, -0.05) is 37.3 Å².